The first kappa shape index (κ1) is 16.0. The number of carbonyl (C=O) groups is 1. The van der Waals surface area contributed by atoms with E-state index in [4.69, 9.17) is 4.84 Å². The summed E-state index contributed by atoms with van der Waals surface area (Å²) in [5.74, 6) is 0.915. The molecule has 0 spiro atoms. The zero-order chi connectivity index (χ0) is 16.9. The van der Waals surface area contributed by atoms with E-state index in [0.717, 1.165) is 35.8 Å². The molecule has 2 amide bonds. The Balaban J connectivity index is 1.49. The second-order valence-corrected chi connectivity index (χ2v) is 5.67. The zero-order valence-corrected chi connectivity index (χ0v) is 13.8. The molecule has 1 aromatic heterocycles. The number of oxime groups is 1. The van der Waals surface area contributed by atoms with Crippen molar-refractivity contribution in [2.75, 3.05) is 11.9 Å². The fourth-order valence-electron chi connectivity index (χ4n) is 2.54. The minimum Gasteiger partial charge on any atom is -0.390 e. The number of benzene rings is 1. The Morgan fingerprint density at radius 3 is 2.79 bits per heavy atom. The highest BCUT2D eigenvalue weighted by Crippen LogP contribution is 2.15. The van der Waals surface area contributed by atoms with Crippen LogP contribution in [0.2, 0.25) is 0 Å². The van der Waals surface area contributed by atoms with Crippen molar-refractivity contribution in [3.63, 3.8) is 0 Å². The first-order chi connectivity index (χ1) is 11.7. The van der Waals surface area contributed by atoms with Gasteiger partial charge in [0.1, 0.15) is 11.9 Å². The van der Waals surface area contributed by atoms with Gasteiger partial charge in [-0.1, -0.05) is 12.1 Å². The van der Waals surface area contributed by atoms with Crippen molar-refractivity contribution < 1.29 is 9.63 Å². The summed E-state index contributed by atoms with van der Waals surface area (Å²) in [5, 5.41) is 9.59. The van der Waals surface area contributed by atoms with Crippen LogP contribution in [0.5, 0.6) is 0 Å². The molecular weight excluding hydrogens is 306 g/mol. The summed E-state index contributed by atoms with van der Waals surface area (Å²) >= 11 is 0. The average molecular weight is 327 g/mol. The molecule has 1 aliphatic heterocycles. The summed E-state index contributed by atoms with van der Waals surface area (Å²) in [6.07, 6.45) is 5.24. The number of carbonyl (C=O) groups excluding carboxylic acids is 1. The van der Waals surface area contributed by atoms with Crippen molar-refractivity contribution in [1.29, 1.82) is 0 Å². The lowest BCUT2D eigenvalue weighted by molar-refractivity contribution is 0.0870. The summed E-state index contributed by atoms with van der Waals surface area (Å²) in [6.45, 7) is 4.42. The van der Waals surface area contributed by atoms with Gasteiger partial charge < -0.3 is 20.0 Å². The van der Waals surface area contributed by atoms with Crippen molar-refractivity contribution in [1.82, 2.24) is 14.9 Å². The maximum atomic E-state index is 12.0. The molecule has 7 heteroatoms. The van der Waals surface area contributed by atoms with E-state index in [-0.39, 0.29) is 12.1 Å². The Kier molecular flexibility index (Phi) is 4.79. The topological polar surface area (TPSA) is 80.5 Å². The molecule has 0 fully saturated rings. The van der Waals surface area contributed by atoms with Gasteiger partial charge in [0.15, 0.2) is 0 Å². The Hall–Kier alpha value is -2.83. The number of aryl methyl sites for hydroxylation is 1. The third kappa shape index (κ3) is 3.73. The van der Waals surface area contributed by atoms with Crippen molar-refractivity contribution >= 4 is 17.4 Å². The van der Waals surface area contributed by atoms with E-state index < -0.39 is 0 Å². The van der Waals surface area contributed by atoms with Gasteiger partial charge in [-0.15, -0.1) is 0 Å². The fraction of sp³-hybridized carbons (Fsp3) is 0.353. The van der Waals surface area contributed by atoms with E-state index in [1.54, 1.807) is 6.20 Å². The molecule has 0 radical (unpaired) electrons. The molecule has 126 valence electrons. The molecule has 24 heavy (non-hydrogen) atoms. The number of anilines is 1. The Labute approximate surface area is 140 Å². The van der Waals surface area contributed by atoms with Gasteiger partial charge in [0.2, 0.25) is 0 Å². The van der Waals surface area contributed by atoms with Crippen LogP contribution in [0.4, 0.5) is 10.5 Å². The largest absolute Gasteiger partial charge is 0.390 e. The Morgan fingerprint density at radius 1 is 1.38 bits per heavy atom. The average Bonchev–Trinajstić information content (AvgIpc) is 3.22. The van der Waals surface area contributed by atoms with Crippen molar-refractivity contribution in [3.05, 3.63) is 42.5 Å². The maximum Gasteiger partial charge on any atom is 0.319 e. The molecule has 7 nitrogen and oxygen atoms in total. The summed E-state index contributed by atoms with van der Waals surface area (Å²) in [5.41, 5.74) is 2.76. The number of aromatic nitrogens is 2. The molecular formula is C17H21N5O2. The number of hydrogen-bond acceptors (Lipinski definition) is 4. The summed E-state index contributed by atoms with van der Waals surface area (Å²) in [6, 6.07) is 7.34. The van der Waals surface area contributed by atoms with Gasteiger partial charge in [0.05, 0.1) is 12.3 Å². The quantitative estimate of drug-likeness (QED) is 0.886. The van der Waals surface area contributed by atoms with Crippen molar-refractivity contribution in [2.24, 2.45) is 5.16 Å². The predicted octanol–water partition coefficient (Wildman–Crippen LogP) is 2.86. The molecule has 3 rings (SSSR count). The van der Waals surface area contributed by atoms with Crippen LogP contribution in [0.15, 0.2) is 41.8 Å². The molecule has 1 atom stereocenters. The second kappa shape index (κ2) is 7.16. The summed E-state index contributed by atoms with van der Waals surface area (Å²) < 4.78 is 1.98. The summed E-state index contributed by atoms with van der Waals surface area (Å²) in [4.78, 5) is 21.4. The van der Waals surface area contributed by atoms with E-state index in [9.17, 15) is 4.79 Å². The molecule has 1 unspecified atom stereocenters. The smallest absolute Gasteiger partial charge is 0.319 e. The number of nitrogens with zero attached hydrogens (tertiary/aromatic N) is 3. The molecule has 0 saturated carbocycles. The molecule has 1 aliphatic rings. The van der Waals surface area contributed by atoms with Gasteiger partial charge in [0.25, 0.3) is 0 Å². The van der Waals surface area contributed by atoms with Crippen LogP contribution in [-0.4, -0.2) is 33.9 Å². The van der Waals surface area contributed by atoms with Gasteiger partial charge in [-0.2, -0.15) is 0 Å². The Morgan fingerprint density at radius 2 is 2.17 bits per heavy atom. The minimum atomic E-state index is -0.255. The molecule has 0 bridgehead atoms. The van der Waals surface area contributed by atoms with Crippen LogP contribution in [-0.2, 0) is 4.84 Å². The Bertz CT molecular complexity index is 736. The van der Waals surface area contributed by atoms with Crippen LogP contribution < -0.4 is 10.6 Å². The minimum absolute atomic E-state index is 0.0720. The molecule has 0 saturated heterocycles. The maximum absolute atomic E-state index is 12.0. The van der Waals surface area contributed by atoms with E-state index in [1.165, 1.54) is 0 Å². The molecule has 2 aromatic rings. The third-order valence-corrected chi connectivity index (χ3v) is 3.92. The lowest BCUT2D eigenvalue weighted by atomic mass is 10.1. The number of hydrogen-bond donors (Lipinski definition) is 2. The standard InChI is InChI=1S/C17H21N5O2/c1-3-13-10-16(24-21-13)11-19-17(23)20-14-4-6-15(7-5-14)22-9-8-18-12(22)2/h4-9,16H,3,10-11H2,1-2H3,(H2,19,20,23). The normalized spacial score (nSPS) is 16.4. The van der Waals surface area contributed by atoms with Gasteiger partial charge >= 0.3 is 6.03 Å². The summed E-state index contributed by atoms with van der Waals surface area (Å²) in [7, 11) is 0. The van der Waals surface area contributed by atoms with Crippen LogP contribution in [0.25, 0.3) is 5.69 Å². The molecule has 2 heterocycles. The number of nitrogens with one attached hydrogen (secondary N) is 2. The number of imidazole rings is 1. The van der Waals surface area contributed by atoms with E-state index in [1.807, 2.05) is 48.9 Å². The van der Waals surface area contributed by atoms with Crippen LogP contribution >= 0.6 is 0 Å². The van der Waals surface area contributed by atoms with Gasteiger partial charge in [-0.05, 0) is 37.6 Å². The molecule has 2 N–H and O–H groups in total. The van der Waals surface area contributed by atoms with Crippen LogP contribution in [0, 0.1) is 6.92 Å². The highest BCUT2D eigenvalue weighted by Gasteiger charge is 2.20. The highest BCUT2D eigenvalue weighted by molar-refractivity contribution is 5.89. The first-order valence-electron chi connectivity index (χ1n) is 8.02. The van der Waals surface area contributed by atoms with Gasteiger partial charge in [-0.3, -0.25) is 0 Å². The van der Waals surface area contributed by atoms with Gasteiger partial charge in [-0.25, -0.2) is 9.78 Å². The van der Waals surface area contributed by atoms with Crippen LogP contribution in [0.3, 0.4) is 0 Å². The van der Waals surface area contributed by atoms with Crippen molar-refractivity contribution in [3.8, 4) is 5.69 Å². The lowest BCUT2D eigenvalue weighted by Crippen LogP contribution is -2.35. The number of amides is 2. The second-order valence-electron chi connectivity index (χ2n) is 5.67. The van der Waals surface area contributed by atoms with E-state index >= 15 is 0 Å². The molecule has 0 aliphatic carbocycles. The lowest BCUT2D eigenvalue weighted by Gasteiger charge is -2.11. The number of urea groups is 1. The first-order valence-corrected chi connectivity index (χ1v) is 8.02. The van der Waals surface area contributed by atoms with E-state index in [2.05, 4.69) is 20.8 Å². The van der Waals surface area contributed by atoms with E-state index in [0.29, 0.717) is 6.54 Å². The van der Waals surface area contributed by atoms with Gasteiger partial charge in [0, 0.05) is 30.2 Å². The predicted molar refractivity (Wildman–Crippen MR) is 92.5 cm³/mol. The SMILES string of the molecule is CCC1=NOC(CNC(=O)Nc2ccc(-n3ccnc3C)cc2)C1. The number of rotatable bonds is 5. The fourth-order valence-corrected chi connectivity index (χ4v) is 2.54. The van der Waals surface area contributed by atoms with Crippen LogP contribution in [0.1, 0.15) is 25.6 Å². The van der Waals surface area contributed by atoms with Crippen molar-refractivity contribution in [2.45, 2.75) is 32.8 Å². The monoisotopic (exact) mass is 327 g/mol. The third-order valence-electron chi connectivity index (χ3n) is 3.92. The zero-order valence-electron chi connectivity index (χ0n) is 13.8. The molecule has 1 aromatic carbocycles. The highest BCUT2D eigenvalue weighted by atomic mass is 16.6.